The first-order valence-corrected chi connectivity index (χ1v) is 6.02. The lowest BCUT2D eigenvalue weighted by atomic mass is 10.1. The maximum atomic E-state index is 5.68. The van der Waals surface area contributed by atoms with E-state index in [0.717, 1.165) is 30.2 Å². The van der Waals surface area contributed by atoms with E-state index in [1.165, 1.54) is 5.56 Å². The molecule has 90 valence electrons. The van der Waals surface area contributed by atoms with Gasteiger partial charge in [0.05, 0.1) is 12.7 Å². The molecular formula is C14H18N2O. The van der Waals surface area contributed by atoms with Gasteiger partial charge in [0.15, 0.2) is 5.76 Å². The molecule has 0 radical (unpaired) electrons. The number of aryl methyl sites for hydroxylation is 1. The number of rotatable bonds is 5. The van der Waals surface area contributed by atoms with Crippen molar-refractivity contribution in [3.63, 3.8) is 0 Å². The Morgan fingerprint density at radius 2 is 2.00 bits per heavy atom. The highest BCUT2D eigenvalue weighted by atomic mass is 16.4. The molecule has 3 heteroatoms. The van der Waals surface area contributed by atoms with Crippen LogP contribution in [-0.2, 0) is 6.54 Å². The predicted molar refractivity (Wildman–Crippen MR) is 68.7 cm³/mol. The maximum absolute atomic E-state index is 5.68. The first-order chi connectivity index (χ1) is 8.29. The summed E-state index contributed by atoms with van der Waals surface area (Å²) in [7, 11) is 0. The summed E-state index contributed by atoms with van der Waals surface area (Å²) in [5.41, 5.74) is 2.32. The summed E-state index contributed by atoms with van der Waals surface area (Å²) in [6.45, 7) is 5.90. The Balaban J connectivity index is 2.04. The highest BCUT2D eigenvalue weighted by Crippen LogP contribution is 2.20. The van der Waals surface area contributed by atoms with Gasteiger partial charge in [-0.2, -0.15) is 0 Å². The normalized spacial score (nSPS) is 10.7. The molecule has 0 unspecified atom stereocenters. The summed E-state index contributed by atoms with van der Waals surface area (Å²) in [6, 6.07) is 8.26. The van der Waals surface area contributed by atoms with Crippen LogP contribution in [0.15, 0.2) is 34.9 Å². The van der Waals surface area contributed by atoms with Gasteiger partial charge in [-0.15, -0.1) is 0 Å². The summed E-state index contributed by atoms with van der Waals surface area (Å²) >= 11 is 0. The van der Waals surface area contributed by atoms with Gasteiger partial charge in [-0.3, -0.25) is 0 Å². The molecule has 1 aromatic carbocycles. The molecule has 0 aliphatic rings. The highest BCUT2D eigenvalue weighted by Gasteiger charge is 2.05. The van der Waals surface area contributed by atoms with Crippen molar-refractivity contribution >= 4 is 0 Å². The second-order valence-electron chi connectivity index (χ2n) is 4.16. The lowest BCUT2D eigenvalue weighted by Crippen LogP contribution is -2.13. The van der Waals surface area contributed by atoms with E-state index in [9.17, 15) is 0 Å². The molecule has 0 fully saturated rings. The highest BCUT2D eigenvalue weighted by molar-refractivity contribution is 5.56. The fraction of sp³-hybridized carbons (Fsp3) is 0.357. The lowest BCUT2D eigenvalue weighted by Gasteiger charge is -1.98. The molecule has 1 aromatic heterocycles. The Morgan fingerprint density at radius 3 is 2.71 bits per heavy atom. The molecule has 0 aliphatic carbocycles. The van der Waals surface area contributed by atoms with Crippen LogP contribution in [0.1, 0.15) is 24.8 Å². The van der Waals surface area contributed by atoms with Crippen LogP contribution in [0.3, 0.4) is 0 Å². The zero-order valence-electron chi connectivity index (χ0n) is 10.4. The Hall–Kier alpha value is -1.61. The van der Waals surface area contributed by atoms with Gasteiger partial charge >= 0.3 is 0 Å². The number of hydrogen-bond donors (Lipinski definition) is 1. The summed E-state index contributed by atoms with van der Waals surface area (Å²) < 4.78 is 5.68. The summed E-state index contributed by atoms with van der Waals surface area (Å²) in [4.78, 5) is 4.26. The van der Waals surface area contributed by atoms with E-state index < -0.39 is 0 Å². The second-order valence-corrected chi connectivity index (χ2v) is 4.16. The van der Waals surface area contributed by atoms with Crippen LogP contribution in [-0.4, -0.2) is 11.5 Å². The zero-order valence-corrected chi connectivity index (χ0v) is 10.4. The number of nitrogens with one attached hydrogen (secondary N) is 1. The third kappa shape index (κ3) is 3.17. The molecule has 0 saturated heterocycles. The van der Waals surface area contributed by atoms with Gasteiger partial charge in [0, 0.05) is 5.56 Å². The van der Waals surface area contributed by atoms with Crippen molar-refractivity contribution in [1.29, 1.82) is 0 Å². The first kappa shape index (κ1) is 11.9. The van der Waals surface area contributed by atoms with Crippen LogP contribution in [0.5, 0.6) is 0 Å². The number of oxazole rings is 1. The average molecular weight is 230 g/mol. The van der Waals surface area contributed by atoms with Gasteiger partial charge in [0.2, 0.25) is 5.89 Å². The van der Waals surface area contributed by atoms with E-state index in [1.54, 1.807) is 6.20 Å². The predicted octanol–water partition coefficient (Wildman–Crippen LogP) is 3.15. The molecule has 0 atom stereocenters. The fourth-order valence-corrected chi connectivity index (χ4v) is 1.62. The molecular weight excluding hydrogens is 212 g/mol. The van der Waals surface area contributed by atoms with E-state index in [2.05, 4.69) is 48.4 Å². The molecule has 17 heavy (non-hydrogen) atoms. The fourth-order valence-electron chi connectivity index (χ4n) is 1.62. The Morgan fingerprint density at radius 1 is 1.24 bits per heavy atom. The molecule has 2 aromatic rings. The lowest BCUT2D eigenvalue weighted by molar-refractivity contribution is 0.478. The SMILES string of the molecule is CCCNCc1ncc(-c2ccc(C)cc2)o1. The third-order valence-corrected chi connectivity index (χ3v) is 2.59. The Bertz CT molecular complexity index is 459. The van der Waals surface area contributed by atoms with Crippen LogP contribution < -0.4 is 5.32 Å². The van der Waals surface area contributed by atoms with Gasteiger partial charge in [-0.25, -0.2) is 4.98 Å². The van der Waals surface area contributed by atoms with Crippen LogP contribution in [0.4, 0.5) is 0 Å². The van der Waals surface area contributed by atoms with Gasteiger partial charge in [0.25, 0.3) is 0 Å². The van der Waals surface area contributed by atoms with E-state index in [4.69, 9.17) is 4.42 Å². The smallest absolute Gasteiger partial charge is 0.208 e. The molecule has 3 nitrogen and oxygen atoms in total. The monoisotopic (exact) mass is 230 g/mol. The minimum atomic E-state index is 0.694. The molecule has 0 amide bonds. The van der Waals surface area contributed by atoms with Crippen LogP contribution in [0.25, 0.3) is 11.3 Å². The molecule has 0 saturated carbocycles. The number of hydrogen-bond acceptors (Lipinski definition) is 3. The van der Waals surface area contributed by atoms with Crippen LogP contribution >= 0.6 is 0 Å². The Kier molecular flexibility index (Phi) is 3.94. The molecule has 2 rings (SSSR count). The van der Waals surface area contributed by atoms with Gasteiger partial charge < -0.3 is 9.73 Å². The molecule has 1 N–H and O–H groups in total. The molecule has 1 heterocycles. The molecule has 0 spiro atoms. The van der Waals surface area contributed by atoms with Crippen molar-refractivity contribution < 1.29 is 4.42 Å². The third-order valence-electron chi connectivity index (χ3n) is 2.59. The molecule has 0 aliphatic heterocycles. The Labute approximate surface area is 102 Å². The first-order valence-electron chi connectivity index (χ1n) is 6.02. The standard InChI is InChI=1S/C14H18N2O/c1-3-8-15-10-14-16-9-13(17-14)12-6-4-11(2)5-7-12/h4-7,9,15H,3,8,10H2,1-2H3. The zero-order chi connectivity index (χ0) is 12.1. The van der Waals surface area contributed by atoms with Gasteiger partial charge in [0.1, 0.15) is 0 Å². The summed E-state index contributed by atoms with van der Waals surface area (Å²) in [6.07, 6.45) is 2.90. The minimum Gasteiger partial charge on any atom is -0.439 e. The van der Waals surface area contributed by atoms with Crippen molar-refractivity contribution in [2.75, 3.05) is 6.54 Å². The van der Waals surface area contributed by atoms with E-state index in [0.29, 0.717) is 6.54 Å². The topological polar surface area (TPSA) is 38.1 Å². The van der Waals surface area contributed by atoms with Crippen LogP contribution in [0.2, 0.25) is 0 Å². The number of aromatic nitrogens is 1. The van der Waals surface area contributed by atoms with Crippen molar-refractivity contribution in [2.24, 2.45) is 0 Å². The van der Waals surface area contributed by atoms with E-state index in [-0.39, 0.29) is 0 Å². The van der Waals surface area contributed by atoms with Crippen molar-refractivity contribution in [1.82, 2.24) is 10.3 Å². The minimum absolute atomic E-state index is 0.694. The van der Waals surface area contributed by atoms with Crippen molar-refractivity contribution in [3.05, 3.63) is 41.9 Å². The summed E-state index contributed by atoms with van der Waals surface area (Å²) in [5, 5.41) is 3.27. The quantitative estimate of drug-likeness (QED) is 0.802. The average Bonchev–Trinajstić information content (AvgIpc) is 2.79. The van der Waals surface area contributed by atoms with Crippen molar-refractivity contribution in [2.45, 2.75) is 26.8 Å². The van der Waals surface area contributed by atoms with Gasteiger partial charge in [-0.1, -0.05) is 36.8 Å². The van der Waals surface area contributed by atoms with Gasteiger partial charge in [-0.05, 0) is 19.9 Å². The molecule has 0 bridgehead atoms. The number of benzene rings is 1. The van der Waals surface area contributed by atoms with E-state index in [1.807, 2.05) is 0 Å². The maximum Gasteiger partial charge on any atom is 0.208 e. The second kappa shape index (κ2) is 5.64. The van der Waals surface area contributed by atoms with Crippen molar-refractivity contribution in [3.8, 4) is 11.3 Å². The largest absolute Gasteiger partial charge is 0.439 e. The summed E-state index contributed by atoms with van der Waals surface area (Å²) in [5.74, 6) is 1.58. The number of nitrogens with zero attached hydrogens (tertiary/aromatic N) is 1. The van der Waals surface area contributed by atoms with E-state index >= 15 is 0 Å². The van der Waals surface area contributed by atoms with Crippen LogP contribution in [0, 0.1) is 6.92 Å².